The van der Waals surface area contributed by atoms with Gasteiger partial charge in [-0.05, 0) is 56.7 Å². The lowest BCUT2D eigenvalue weighted by Gasteiger charge is -2.25. The van der Waals surface area contributed by atoms with Gasteiger partial charge in [-0.15, -0.1) is 0 Å². The highest BCUT2D eigenvalue weighted by Crippen LogP contribution is 2.24. The van der Waals surface area contributed by atoms with E-state index in [2.05, 4.69) is 4.98 Å². The lowest BCUT2D eigenvalue weighted by atomic mass is 10.0. The Bertz CT molecular complexity index is 984. The predicted molar refractivity (Wildman–Crippen MR) is 106 cm³/mol. The van der Waals surface area contributed by atoms with E-state index in [0.29, 0.717) is 17.7 Å². The van der Waals surface area contributed by atoms with E-state index in [-0.39, 0.29) is 18.2 Å². The van der Waals surface area contributed by atoms with E-state index in [0.717, 1.165) is 22.2 Å². The van der Waals surface area contributed by atoms with Crippen LogP contribution < -0.4 is 0 Å². The highest BCUT2D eigenvalue weighted by Gasteiger charge is 2.21. The monoisotopic (exact) mass is 364 g/mol. The Morgan fingerprint density at radius 1 is 1.15 bits per heavy atom. The highest BCUT2D eigenvalue weighted by atomic mass is 16.3. The molecule has 0 bridgehead atoms. The molecule has 0 radical (unpaired) electrons. The van der Waals surface area contributed by atoms with Gasteiger partial charge in [-0.3, -0.25) is 9.78 Å². The van der Waals surface area contributed by atoms with Crippen LogP contribution in [0.2, 0.25) is 0 Å². The number of rotatable bonds is 5. The maximum absolute atomic E-state index is 13.2. The van der Waals surface area contributed by atoms with E-state index in [1.807, 2.05) is 39.0 Å². The second-order valence-corrected chi connectivity index (χ2v) is 6.79. The number of carbonyl (C=O) groups is 1. The summed E-state index contributed by atoms with van der Waals surface area (Å²) in [5.41, 5.74) is 3.79. The molecule has 1 amide bonds. The fraction of sp³-hybridized carbons (Fsp3) is 0.273. The minimum atomic E-state index is -0.878. The number of amides is 1. The van der Waals surface area contributed by atoms with Gasteiger partial charge in [-0.2, -0.15) is 0 Å². The Balaban J connectivity index is 1.93. The third kappa shape index (κ3) is 4.09. The molecule has 0 aliphatic rings. The first-order chi connectivity index (χ1) is 12.9. The number of aromatic nitrogens is 1. The third-order valence-corrected chi connectivity index (χ3v) is 4.64. The van der Waals surface area contributed by atoms with Crippen LogP contribution in [-0.4, -0.2) is 39.1 Å². The molecular formula is C22H24N2O3. The molecule has 2 aromatic carbocycles. The summed E-state index contributed by atoms with van der Waals surface area (Å²) < 4.78 is 0. The lowest BCUT2D eigenvalue weighted by molar-refractivity contribution is 0.0636. The molecule has 2 N–H and O–H groups in total. The minimum absolute atomic E-state index is 0.0900. The Morgan fingerprint density at radius 3 is 2.63 bits per heavy atom. The molecule has 1 atom stereocenters. The molecule has 0 saturated heterocycles. The third-order valence-electron chi connectivity index (χ3n) is 4.64. The molecule has 0 aliphatic heterocycles. The molecule has 1 heterocycles. The smallest absolute Gasteiger partial charge is 0.254 e. The summed E-state index contributed by atoms with van der Waals surface area (Å²) in [6.07, 6.45) is -0.878. The maximum atomic E-state index is 13.2. The number of hydrogen-bond acceptors (Lipinski definition) is 4. The normalized spacial score (nSPS) is 12.1. The summed E-state index contributed by atoms with van der Waals surface area (Å²) in [5.74, 6) is -0.0510. The number of hydrogen-bond donors (Lipinski definition) is 2. The zero-order valence-electron chi connectivity index (χ0n) is 15.8. The van der Waals surface area contributed by atoms with Crippen LogP contribution in [0.15, 0.2) is 48.5 Å². The van der Waals surface area contributed by atoms with Gasteiger partial charge in [-0.25, -0.2) is 0 Å². The second-order valence-electron chi connectivity index (χ2n) is 6.79. The van der Waals surface area contributed by atoms with Gasteiger partial charge in [0.25, 0.3) is 5.91 Å². The Hall–Kier alpha value is -2.92. The van der Waals surface area contributed by atoms with Crippen LogP contribution >= 0.6 is 0 Å². The van der Waals surface area contributed by atoms with Crippen LogP contribution in [0, 0.1) is 13.8 Å². The van der Waals surface area contributed by atoms with E-state index in [1.54, 1.807) is 29.2 Å². The topological polar surface area (TPSA) is 73.7 Å². The van der Waals surface area contributed by atoms with E-state index < -0.39 is 6.10 Å². The Morgan fingerprint density at radius 2 is 1.93 bits per heavy atom. The molecule has 0 fully saturated rings. The molecule has 0 spiro atoms. The summed E-state index contributed by atoms with van der Waals surface area (Å²) in [6.45, 7) is 6.34. The number of likely N-dealkylation sites (N-methyl/N-ethyl adjacent to an activating group) is 1. The number of aliphatic hydroxyl groups excluding tert-OH is 1. The zero-order chi connectivity index (χ0) is 19.6. The van der Waals surface area contributed by atoms with Crippen molar-refractivity contribution < 1.29 is 15.0 Å². The highest BCUT2D eigenvalue weighted by molar-refractivity contribution is 6.06. The summed E-state index contributed by atoms with van der Waals surface area (Å²) in [4.78, 5) is 19.4. The van der Waals surface area contributed by atoms with Crippen molar-refractivity contribution in [3.05, 3.63) is 70.9 Å². The standard InChI is InChI=1S/C22H24N2O3/c1-4-24(13-21(26)16-6-5-7-17(25)12-16)22(27)19-11-15(3)23-20-9-8-14(2)10-18(19)20/h5-12,21,25-26H,4,13H2,1-3H3/t21-/m1/s1. The van der Waals surface area contributed by atoms with Crippen molar-refractivity contribution in [3.63, 3.8) is 0 Å². The molecule has 0 aliphatic carbocycles. The van der Waals surface area contributed by atoms with E-state index >= 15 is 0 Å². The minimum Gasteiger partial charge on any atom is -0.508 e. The van der Waals surface area contributed by atoms with Crippen molar-refractivity contribution in [2.75, 3.05) is 13.1 Å². The van der Waals surface area contributed by atoms with E-state index in [4.69, 9.17) is 0 Å². The van der Waals surface area contributed by atoms with Gasteiger partial charge in [0.1, 0.15) is 5.75 Å². The molecule has 140 valence electrons. The van der Waals surface area contributed by atoms with E-state index in [1.165, 1.54) is 6.07 Å². The van der Waals surface area contributed by atoms with Gasteiger partial charge in [0, 0.05) is 17.6 Å². The summed E-state index contributed by atoms with van der Waals surface area (Å²) in [6, 6.07) is 14.1. The fourth-order valence-electron chi connectivity index (χ4n) is 3.22. The van der Waals surface area contributed by atoms with Gasteiger partial charge in [0.2, 0.25) is 0 Å². The molecule has 0 unspecified atom stereocenters. The van der Waals surface area contributed by atoms with Crippen LogP contribution in [0.1, 0.15) is 40.2 Å². The number of aromatic hydroxyl groups is 1. The molecular weight excluding hydrogens is 340 g/mol. The van der Waals surface area contributed by atoms with Crippen molar-refractivity contribution in [2.24, 2.45) is 0 Å². The van der Waals surface area contributed by atoms with Gasteiger partial charge in [0.05, 0.1) is 23.7 Å². The van der Waals surface area contributed by atoms with Gasteiger partial charge in [-0.1, -0.05) is 23.8 Å². The Labute approximate surface area is 158 Å². The van der Waals surface area contributed by atoms with Crippen LogP contribution in [0.3, 0.4) is 0 Å². The fourth-order valence-corrected chi connectivity index (χ4v) is 3.22. The maximum Gasteiger partial charge on any atom is 0.254 e. The molecule has 3 rings (SSSR count). The van der Waals surface area contributed by atoms with Crippen molar-refractivity contribution in [3.8, 4) is 5.75 Å². The summed E-state index contributed by atoms with van der Waals surface area (Å²) in [7, 11) is 0. The molecule has 3 aromatic rings. The van der Waals surface area contributed by atoms with Crippen LogP contribution in [0.5, 0.6) is 5.75 Å². The zero-order valence-corrected chi connectivity index (χ0v) is 15.8. The molecule has 1 aromatic heterocycles. The predicted octanol–water partition coefficient (Wildman–Crippen LogP) is 3.75. The molecule has 27 heavy (non-hydrogen) atoms. The van der Waals surface area contributed by atoms with Crippen LogP contribution in [0.4, 0.5) is 0 Å². The van der Waals surface area contributed by atoms with Crippen LogP contribution in [0.25, 0.3) is 10.9 Å². The quantitative estimate of drug-likeness (QED) is 0.723. The number of carbonyl (C=O) groups excluding carboxylic acids is 1. The number of phenols is 1. The Kier molecular flexibility index (Phi) is 5.42. The van der Waals surface area contributed by atoms with Crippen molar-refractivity contribution in [2.45, 2.75) is 26.9 Å². The average Bonchev–Trinajstić information content (AvgIpc) is 2.65. The first-order valence-corrected chi connectivity index (χ1v) is 9.03. The number of benzene rings is 2. The van der Waals surface area contributed by atoms with Crippen molar-refractivity contribution >= 4 is 16.8 Å². The van der Waals surface area contributed by atoms with Crippen molar-refractivity contribution in [1.82, 2.24) is 9.88 Å². The lowest BCUT2D eigenvalue weighted by Crippen LogP contribution is -2.34. The first kappa shape index (κ1) is 18.9. The SMILES string of the molecule is CCN(C[C@@H](O)c1cccc(O)c1)C(=O)c1cc(C)nc2ccc(C)cc12. The number of fused-ring (bicyclic) bond motifs is 1. The number of aryl methyl sites for hydroxylation is 2. The van der Waals surface area contributed by atoms with Gasteiger partial charge >= 0.3 is 0 Å². The molecule has 5 heteroatoms. The van der Waals surface area contributed by atoms with Gasteiger partial charge < -0.3 is 15.1 Å². The number of pyridine rings is 1. The number of nitrogens with zero attached hydrogens (tertiary/aromatic N) is 2. The first-order valence-electron chi connectivity index (χ1n) is 9.03. The number of phenolic OH excluding ortho intramolecular Hbond substituents is 1. The largest absolute Gasteiger partial charge is 0.508 e. The molecule has 0 saturated carbocycles. The van der Waals surface area contributed by atoms with Crippen LogP contribution in [-0.2, 0) is 0 Å². The molecule has 5 nitrogen and oxygen atoms in total. The number of aliphatic hydroxyl groups is 1. The van der Waals surface area contributed by atoms with Crippen molar-refractivity contribution in [1.29, 1.82) is 0 Å². The summed E-state index contributed by atoms with van der Waals surface area (Å²) >= 11 is 0. The van der Waals surface area contributed by atoms with Gasteiger partial charge in [0.15, 0.2) is 0 Å². The second kappa shape index (κ2) is 7.76. The average molecular weight is 364 g/mol. The summed E-state index contributed by atoms with van der Waals surface area (Å²) in [5, 5.41) is 21.0. The van der Waals surface area contributed by atoms with E-state index in [9.17, 15) is 15.0 Å².